The van der Waals surface area contributed by atoms with Crippen molar-refractivity contribution in [2.24, 2.45) is 0 Å². The zero-order valence-corrected chi connectivity index (χ0v) is 13.2. The largest absolute Gasteiger partial charge is 0.339 e. The summed E-state index contributed by atoms with van der Waals surface area (Å²) >= 11 is 3.46. The minimum atomic E-state index is -0.0451. The van der Waals surface area contributed by atoms with Gasteiger partial charge in [-0.05, 0) is 65.9 Å². The number of benzene rings is 1. The summed E-state index contributed by atoms with van der Waals surface area (Å²) in [6.45, 7) is 4.03. The molecular weight excluding hydrogens is 316 g/mol. The molecule has 104 valence electrons. The summed E-state index contributed by atoms with van der Waals surface area (Å²) in [5, 5.41) is 3.02. The van der Waals surface area contributed by atoms with E-state index in [1.165, 1.54) is 0 Å². The third kappa shape index (κ3) is 2.66. The molecule has 2 aromatic rings. The number of anilines is 1. The Labute approximate surface area is 127 Å². The molecule has 0 bridgehead atoms. The fourth-order valence-electron chi connectivity index (χ4n) is 2.34. The molecule has 0 saturated heterocycles. The molecule has 0 atom stereocenters. The summed E-state index contributed by atoms with van der Waals surface area (Å²) in [5.41, 5.74) is 3.83. The molecule has 4 heteroatoms. The van der Waals surface area contributed by atoms with E-state index < -0.39 is 0 Å². The average molecular weight is 333 g/mol. The van der Waals surface area contributed by atoms with E-state index >= 15 is 0 Å². The zero-order chi connectivity index (χ0) is 14.3. The second kappa shape index (κ2) is 5.09. The maximum absolute atomic E-state index is 12.5. The number of hydrogen-bond donors (Lipinski definition) is 1. The Hall–Kier alpha value is -1.55. The summed E-state index contributed by atoms with van der Waals surface area (Å²) in [4.78, 5) is 12.5. The van der Waals surface area contributed by atoms with Crippen LogP contribution in [-0.4, -0.2) is 10.5 Å². The van der Waals surface area contributed by atoms with Crippen molar-refractivity contribution >= 4 is 27.5 Å². The van der Waals surface area contributed by atoms with E-state index in [9.17, 15) is 4.79 Å². The van der Waals surface area contributed by atoms with E-state index in [1.54, 1.807) is 0 Å². The van der Waals surface area contributed by atoms with Crippen molar-refractivity contribution in [2.45, 2.75) is 32.7 Å². The van der Waals surface area contributed by atoms with Gasteiger partial charge in [0.2, 0.25) is 0 Å². The minimum absolute atomic E-state index is 0.0451. The van der Waals surface area contributed by atoms with Crippen LogP contribution in [0.1, 0.15) is 40.5 Å². The third-order valence-electron chi connectivity index (χ3n) is 3.63. The molecule has 0 spiro atoms. The van der Waals surface area contributed by atoms with Crippen molar-refractivity contribution in [3.63, 3.8) is 0 Å². The van der Waals surface area contributed by atoms with E-state index in [-0.39, 0.29) is 5.91 Å². The Morgan fingerprint density at radius 3 is 2.75 bits per heavy atom. The lowest BCUT2D eigenvalue weighted by Gasteiger charge is -2.11. The number of halogens is 1. The summed E-state index contributed by atoms with van der Waals surface area (Å²) in [7, 11) is 0. The molecule has 1 aliphatic rings. The Morgan fingerprint density at radius 2 is 2.05 bits per heavy atom. The first kappa shape index (κ1) is 13.4. The Balaban J connectivity index is 1.87. The molecule has 0 aliphatic heterocycles. The van der Waals surface area contributed by atoms with E-state index in [4.69, 9.17) is 0 Å². The van der Waals surface area contributed by atoms with Gasteiger partial charge in [0, 0.05) is 22.4 Å². The molecule has 1 fully saturated rings. The van der Waals surface area contributed by atoms with Crippen LogP contribution in [0.3, 0.4) is 0 Å². The fourth-order valence-corrected chi connectivity index (χ4v) is 2.78. The van der Waals surface area contributed by atoms with Crippen molar-refractivity contribution in [3.05, 3.63) is 51.8 Å². The molecule has 1 aromatic heterocycles. The molecule has 0 radical (unpaired) electrons. The second-order valence-electron chi connectivity index (χ2n) is 5.45. The average Bonchev–Trinajstić information content (AvgIpc) is 3.17. The number of carbonyl (C=O) groups excluding carboxylic acids is 1. The summed E-state index contributed by atoms with van der Waals surface area (Å²) < 4.78 is 3.03. The number of nitrogens with zero attached hydrogens (tertiary/aromatic N) is 1. The van der Waals surface area contributed by atoms with Gasteiger partial charge in [0.25, 0.3) is 5.91 Å². The molecule has 1 aliphatic carbocycles. The van der Waals surface area contributed by atoms with Gasteiger partial charge in [-0.3, -0.25) is 4.79 Å². The number of aryl methyl sites for hydroxylation is 2. The van der Waals surface area contributed by atoms with Crippen LogP contribution in [-0.2, 0) is 0 Å². The van der Waals surface area contributed by atoms with Gasteiger partial charge >= 0.3 is 0 Å². The van der Waals surface area contributed by atoms with Crippen LogP contribution in [0.4, 0.5) is 5.69 Å². The number of nitrogens with one attached hydrogen (secondary N) is 1. The van der Waals surface area contributed by atoms with Crippen molar-refractivity contribution in [1.82, 2.24) is 4.57 Å². The number of rotatable bonds is 3. The van der Waals surface area contributed by atoms with Gasteiger partial charge in [0.1, 0.15) is 5.69 Å². The predicted octanol–water partition coefficient (Wildman–Crippen LogP) is 4.45. The van der Waals surface area contributed by atoms with Crippen molar-refractivity contribution < 1.29 is 4.79 Å². The molecule has 3 rings (SSSR count). The van der Waals surface area contributed by atoms with E-state index in [0.29, 0.717) is 6.04 Å². The fraction of sp³-hybridized carbons (Fsp3) is 0.312. The maximum Gasteiger partial charge on any atom is 0.272 e. The van der Waals surface area contributed by atoms with Gasteiger partial charge in [-0.15, -0.1) is 0 Å². The van der Waals surface area contributed by atoms with Gasteiger partial charge in [0.15, 0.2) is 0 Å². The monoisotopic (exact) mass is 332 g/mol. The van der Waals surface area contributed by atoms with Gasteiger partial charge in [-0.25, -0.2) is 0 Å². The highest BCUT2D eigenvalue weighted by atomic mass is 79.9. The first-order valence-corrected chi connectivity index (χ1v) is 7.60. The van der Waals surface area contributed by atoms with Crippen LogP contribution in [0.5, 0.6) is 0 Å². The standard InChI is InChI=1S/C16H17BrN2O/c1-10-3-4-11(2)14(7-10)18-16(20)15-8-12(17)9-19(15)13-5-6-13/h3-4,7-9,13H,5-6H2,1-2H3,(H,18,20). The quantitative estimate of drug-likeness (QED) is 0.884. The zero-order valence-electron chi connectivity index (χ0n) is 11.6. The highest BCUT2D eigenvalue weighted by molar-refractivity contribution is 9.10. The molecule has 1 amide bonds. The predicted molar refractivity (Wildman–Crippen MR) is 84.3 cm³/mol. The number of hydrogen-bond acceptors (Lipinski definition) is 1. The Bertz CT molecular complexity index is 671. The summed E-state index contributed by atoms with van der Waals surface area (Å²) in [6.07, 6.45) is 4.31. The lowest BCUT2D eigenvalue weighted by Crippen LogP contribution is -2.17. The van der Waals surface area contributed by atoms with Crippen molar-refractivity contribution in [3.8, 4) is 0 Å². The normalized spacial score (nSPS) is 14.3. The topological polar surface area (TPSA) is 34.0 Å². The van der Waals surface area contributed by atoms with Crippen LogP contribution < -0.4 is 5.32 Å². The molecule has 1 heterocycles. The SMILES string of the molecule is Cc1ccc(C)c(NC(=O)c2cc(Br)cn2C2CC2)c1. The first-order chi connectivity index (χ1) is 9.54. The number of amides is 1. The summed E-state index contributed by atoms with van der Waals surface area (Å²) in [6, 6.07) is 8.46. The lowest BCUT2D eigenvalue weighted by atomic mass is 10.1. The molecule has 0 unspecified atom stereocenters. The molecular formula is C16H17BrN2O. The summed E-state index contributed by atoms with van der Waals surface area (Å²) in [5.74, 6) is -0.0451. The van der Waals surface area contributed by atoms with E-state index in [1.807, 2.05) is 38.2 Å². The lowest BCUT2D eigenvalue weighted by molar-refractivity contribution is 0.101. The third-order valence-corrected chi connectivity index (χ3v) is 4.06. The number of aromatic nitrogens is 1. The van der Waals surface area contributed by atoms with Gasteiger partial charge < -0.3 is 9.88 Å². The highest BCUT2D eigenvalue weighted by Crippen LogP contribution is 2.37. The molecule has 20 heavy (non-hydrogen) atoms. The van der Waals surface area contributed by atoms with Crippen molar-refractivity contribution in [2.75, 3.05) is 5.32 Å². The minimum Gasteiger partial charge on any atom is -0.339 e. The van der Waals surface area contributed by atoms with Crippen LogP contribution in [0.15, 0.2) is 34.9 Å². The first-order valence-electron chi connectivity index (χ1n) is 6.80. The Morgan fingerprint density at radius 1 is 1.30 bits per heavy atom. The van der Waals surface area contributed by atoms with Crippen LogP contribution >= 0.6 is 15.9 Å². The van der Waals surface area contributed by atoms with Crippen LogP contribution in [0.25, 0.3) is 0 Å². The van der Waals surface area contributed by atoms with E-state index in [0.717, 1.165) is 39.8 Å². The maximum atomic E-state index is 12.5. The van der Waals surface area contributed by atoms with Crippen LogP contribution in [0.2, 0.25) is 0 Å². The van der Waals surface area contributed by atoms with E-state index in [2.05, 4.69) is 31.9 Å². The van der Waals surface area contributed by atoms with Gasteiger partial charge in [-0.2, -0.15) is 0 Å². The van der Waals surface area contributed by atoms with Crippen LogP contribution in [0, 0.1) is 13.8 Å². The number of carbonyl (C=O) groups is 1. The molecule has 1 N–H and O–H groups in total. The Kier molecular flexibility index (Phi) is 3.42. The molecule has 1 aromatic carbocycles. The smallest absolute Gasteiger partial charge is 0.272 e. The van der Waals surface area contributed by atoms with Crippen molar-refractivity contribution in [1.29, 1.82) is 0 Å². The highest BCUT2D eigenvalue weighted by Gasteiger charge is 2.27. The van der Waals surface area contributed by atoms with Gasteiger partial charge in [-0.1, -0.05) is 12.1 Å². The molecule has 3 nitrogen and oxygen atoms in total. The van der Waals surface area contributed by atoms with Gasteiger partial charge in [0.05, 0.1) is 0 Å². The second-order valence-corrected chi connectivity index (χ2v) is 6.37. The molecule has 1 saturated carbocycles.